The number of halogens is 1. The minimum absolute atomic E-state index is 0.00183. The molecule has 0 spiro atoms. The Morgan fingerprint density at radius 3 is 2.50 bits per heavy atom. The first kappa shape index (κ1) is 14.0. The van der Waals surface area contributed by atoms with E-state index in [0.29, 0.717) is 12.3 Å². The highest BCUT2D eigenvalue weighted by molar-refractivity contribution is 5.89. The van der Waals surface area contributed by atoms with Gasteiger partial charge < -0.3 is 9.47 Å². The third kappa shape index (κ3) is 2.93. The lowest BCUT2D eigenvalue weighted by molar-refractivity contribution is 0.0514. The highest BCUT2D eigenvalue weighted by Gasteiger charge is 2.21. The Labute approximate surface area is 115 Å². The molecule has 1 aromatic carbocycles. The van der Waals surface area contributed by atoms with Crippen LogP contribution in [0.4, 0.5) is 4.39 Å². The monoisotopic (exact) mass is 279 g/mol. The highest BCUT2D eigenvalue weighted by Crippen LogP contribution is 2.17. The Morgan fingerprint density at radius 1 is 1.20 bits per heavy atom. The van der Waals surface area contributed by atoms with Crippen LogP contribution in [0.1, 0.15) is 24.3 Å². The first-order chi connectivity index (χ1) is 9.65. The zero-order valence-corrected chi connectivity index (χ0v) is 11.2. The van der Waals surface area contributed by atoms with Crippen LogP contribution in [-0.4, -0.2) is 34.2 Å². The summed E-state index contributed by atoms with van der Waals surface area (Å²) in [5, 5.41) is 8.09. The number of carbonyl (C=O) groups excluding carboxylic acids is 1. The van der Waals surface area contributed by atoms with Gasteiger partial charge in [0.25, 0.3) is 5.88 Å². The standard InChI is InChI=1S/C13H14FN3O3/c1-3-19-12-11(13(18)20-4-2)15-17(16-12)10-7-5-9(14)6-8-10/h5-8H,3-4H2,1-2H3. The molecule has 0 radical (unpaired) electrons. The molecule has 0 bridgehead atoms. The minimum Gasteiger partial charge on any atom is -0.475 e. The maximum absolute atomic E-state index is 12.9. The van der Waals surface area contributed by atoms with Gasteiger partial charge in [0.1, 0.15) is 5.82 Å². The van der Waals surface area contributed by atoms with Gasteiger partial charge in [0.05, 0.1) is 18.9 Å². The van der Waals surface area contributed by atoms with Crippen molar-refractivity contribution in [2.24, 2.45) is 0 Å². The van der Waals surface area contributed by atoms with Crippen LogP contribution in [0.15, 0.2) is 24.3 Å². The van der Waals surface area contributed by atoms with Crippen LogP contribution in [0, 0.1) is 5.82 Å². The van der Waals surface area contributed by atoms with E-state index < -0.39 is 5.97 Å². The summed E-state index contributed by atoms with van der Waals surface area (Å²) in [4.78, 5) is 13.0. The molecule has 0 aliphatic rings. The Kier molecular flexibility index (Phi) is 4.29. The molecule has 6 nitrogen and oxygen atoms in total. The van der Waals surface area contributed by atoms with Crippen molar-refractivity contribution >= 4 is 5.97 Å². The number of carbonyl (C=O) groups is 1. The average Bonchev–Trinajstić information content (AvgIpc) is 2.84. The van der Waals surface area contributed by atoms with Crippen molar-refractivity contribution in [3.63, 3.8) is 0 Å². The van der Waals surface area contributed by atoms with Gasteiger partial charge in [0.15, 0.2) is 0 Å². The number of benzene rings is 1. The summed E-state index contributed by atoms with van der Waals surface area (Å²) in [5.74, 6) is -0.879. The van der Waals surface area contributed by atoms with E-state index in [4.69, 9.17) is 9.47 Å². The molecule has 0 unspecified atom stereocenters. The molecule has 0 aliphatic carbocycles. The second-order valence-corrected chi connectivity index (χ2v) is 3.77. The molecule has 1 heterocycles. The predicted molar refractivity (Wildman–Crippen MR) is 68.4 cm³/mol. The van der Waals surface area contributed by atoms with E-state index >= 15 is 0 Å². The molecule has 2 rings (SSSR count). The normalized spacial score (nSPS) is 10.3. The van der Waals surface area contributed by atoms with Crippen molar-refractivity contribution in [1.29, 1.82) is 0 Å². The van der Waals surface area contributed by atoms with Gasteiger partial charge in [-0.25, -0.2) is 9.18 Å². The first-order valence-corrected chi connectivity index (χ1v) is 6.19. The van der Waals surface area contributed by atoms with Crippen LogP contribution >= 0.6 is 0 Å². The van der Waals surface area contributed by atoms with Gasteiger partial charge in [0, 0.05) is 0 Å². The fraction of sp³-hybridized carbons (Fsp3) is 0.308. The van der Waals surface area contributed by atoms with Gasteiger partial charge in [-0.1, -0.05) is 0 Å². The lowest BCUT2D eigenvalue weighted by Crippen LogP contribution is -2.08. The van der Waals surface area contributed by atoms with E-state index in [1.165, 1.54) is 29.1 Å². The van der Waals surface area contributed by atoms with Gasteiger partial charge in [-0.15, -0.1) is 15.0 Å². The quantitative estimate of drug-likeness (QED) is 0.783. The molecule has 0 fully saturated rings. The van der Waals surface area contributed by atoms with Crippen LogP contribution in [0.5, 0.6) is 5.88 Å². The van der Waals surface area contributed by atoms with E-state index in [1.807, 2.05) is 0 Å². The average molecular weight is 279 g/mol. The van der Waals surface area contributed by atoms with E-state index in [-0.39, 0.29) is 24.0 Å². The fourth-order valence-electron chi connectivity index (χ4n) is 1.54. The maximum atomic E-state index is 12.9. The number of hydrogen-bond donors (Lipinski definition) is 0. The third-order valence-corrected chi connectivity index (χ3v) is 2.39. The molecule has 0 amide bonds. The van der Waals surface area contributed by atoms with Gasteiger partial charge in [0.2, 0.25) is 5.69 Å². The van der Waals surface area contributed by atoms with Crippen molar-refractivity contribution in [2.75, 3.05) is 13.2 Å². The van der Waals surface area contributed by atoms with Crippen molar-refractivity contribution < 1.29 is 18.7 Å². The van der Waals surface area contributed by atoms with Crippen LogP contribution in [0.3, 0.4) is 0 Å². The van der Waals surface area contributed by atoms with Crippen LogP contribution in [0.25, 0.3) is 5.69 Å². The molecule has 2 aromatic rings. The molecule has 0 atom stereocenters. The number of aromatic nitrogens is 3. The molecule has 0 aliphatic heterocycles. The molecule has 0 N–H and O–H groups in total. The van der Waals surface area contributed by atoms with Gasteiger partial charge in [-0.2, -0.15) is 0 Å². The van der Waals surface area contributed by atoms with Gasteiger partial charge in [-0.3, -0.25) is 0 Å². The summed E-state index contributed by atoms with van der Waals surface area (Å²) >= 11 is 0. The largest absolute Gasteiger partial charge is 0.475 e. The molecule has 1 aromatic heterocycles. The zero-order chi connectivity index (χ0) is 14.5. The van der Waals surface area contributed by atoms with E-state index in [9.17, 15) is 9.18 Å². The number of hydrogen-bond acceptors (Lipinski definition) is 5. The molecule has 0 saturated heterocycles. The van der Waals surface area contributed by atoms with Gasteiger partial charge >= 0.3 is 5.97 Å². The summed E-state index contributed by atoms with van der Waals surface area (Å²) < 4.78 is 23.0. The molecule has 0 saturated carbocycles. The minimum atomic E-state index is -0.607. The van der Waals surface area contributed by atoms with Crippen LogP contribution in [-0.2, 0) is 4.74 Å². The Hall–Kier alpha value is -2.44. The second kappa shape index (κ2) is 6.14. The first-order valence-electron chi connectivity index (χ1n) is 6.19. The van der Waals surface area contributed by atoms with Crippen LogP contribution in [0.2, 0.25) is 0 Å². The van der Waals surface area contributed by atoms with Gasteiger partial charge in [-0.05, 0) is 38.1 Å². The summed E-state index contributed by atoms with van der Waals surface area (Å²) in [6.07, 6.45) is 0. The summed E-state index contributed by atoms with van der Waals surface area (Å²) in [6.45, 7) is 4.04. The molecule has 106 valence electrons. The molecular weight excluding hydrogens is 265 g/mol. The molecule has 7 heteroatoms. The van der Waals surface area contributed by atoms with Crippen molar-refractivity contribution in [2.45, 2.75) is 13.8 Å². The zero-order valence-electron chi connectivity index (χ0n) is 11.2. The highest BCUT2D eigenvalue weighted by atomic mass is 19.1. The van der Waals surface area contributed by atoms with E-state index in [0.717, 1.165) is 0 Å². The predicted octanol–water partition coefficient (Wildman–Crippen LogP) is 1.98. The second-order valence-electron chi connectivity index (χ2n) is 3.77. The summed E-state index contributed by atoms with van der Waals surface area (Å²) in [5.41, 5.74) is 0.515. The summed E-state index contributed by atoms with van der Waals surface area (Å²) in [6, 6.07) is 5.56. The number of ether oxygens (including phenoxy) is 2. The Bertz CT molecular complexity index is 595. The van der Waals surface area contributed by atoms with Crippen LogP contribution < -0.4 is 4.74 Å². The SMILES string of the molecule is CCOC(=O)c1nn(-c2ccc(F)cc2)nc1OCC. The van der Waals surface area contributed by atoms with E-state index in [2.05, 4.69) is 10.2 Å². The van der Waals surface area contributed by atoms with Crippen molar-refractivity contribution in [3.05, 3.63) is 35.8 Å². The summed E-state index contributed by atoms with van der Waals surface area (Å²) in [7, 11) is 0. The number of nitrogens with zero attached hydrogens (tertiary/aromatic N) is 3. The fourth-order valence-corrected chi connectivity index (χ4v) is 1.54. The number of rotatable bonds is 5. The Balaban J connectivity index is 2.37. The third-order valence-electron chi connectivity index (χ3n) is 2.39. The maximum Gasteiger partial charge on any atom is 0.364 e. The lowest BCUT2D eigenvalue weighted by atomic mass is 10.3. The smallest absolute Gasteiger partial charge is 0.364 e. The van der Waals surface area contributed by atoms with E-state index in [1.54, 1.807) is 13.8 Å². The topological polar surface area (TPSA) is 66.2 Å². The van der Waals surface area contributed by atoms with Crippen molar-refractivity contribution in [3.8, 4) is 11.6 Å². The van der Waals surface area contributed by atoms with Crippen molar-refractivity contribution in [1.82, 2.24) is 15.0 Å². The molecule has 20 heavy (non-hydrogen) atoms. The Morgan fingerprint density at radius 2 is 1.90 bits per heavy atom. The number of esters is 1. The lowest BCUT2D eigenvalue weighted by Gasteiger charge is -2.00. The molecular formula is C13H14FN3O3.